The average Bonchev–Trinajstić information content (AvgIpc) is 3.17. The van der Waals surface area contributed by atoms with E-state index in [4.69, 9.17) is 14.2 Å². The van der Waals surface area contributed by atoms with Gasteiger partial charge in [-0.2, -0.15) is 0 Å². The van der Waals surface area contributed by atoms with E-state index < -0.39 is 6.10 Å². The van der Waals surface area contributed by atoms with Gasteiger partial charge in [-0.05, 0) is 0 Å². The first-order valence-electron chi connectivity index (χ1n) is 10.0. The SMILES string of the molecule is COc1ccccc1OCC[AsH]CC(O)COc1cccc2[nH]c3ccccc3c12. The molecule has 0 fully saturated rings. The van der Waals surface area contributed by atoms with Crippen LogP contribution in [0.15, 0.2) is 66.7 Å². The molecule has 2 N–H and O–H groups in total. The molecule has 5 nitrogen and oxygen atoms in total. The molecule has 0 bridgehead atoms. The van der Waals surface area contributed by atoms with Crippen molar-refractivity contribution in [2.45, 2.75) is 16.5 Å². The molecule has 1 heterocycles. The number of hydrogen-bond donors (Lipinski definition) is 2. The topological polar surface area (TPSA) is 63.7 Å². The number of fused-ring (bicyclic) bond motifs is 3. The van der Waals surface area contributed by atoms with Crippen LogP contribution in [0.25, 0.3) is 21.8 Å². The molecular formula is C24H26AsNO4. The van der Waals surface area contributed by atoms with Gasteiger partial charge < -0.3 is 0 Å². The van der Waals surface area contributed by atoms with Crippen LogP contribution < -0.4 is 14.2 Å². The van der Waals surface area contributed by atoms with Crippen molar-refractivity contribution in [1.82, 2.24) is 4.98 Å². The van der Waals surface area contributed by atoms with Crippen LogP contribution in [0.2, 0.25) is 10.4 Å². The Morgan fingerprint density at radius 2 is 1.60 bits per heavy atom. The number of methoxy groups -OCH3 is 1. The quantitative estimate of drug-likeness (QED) is 0.268. The Hall–Kier alpha value is -2.62. The maximum absolute atomic E-state index is 10.4. The molecule has 1 aromatic heterocycles. The molecule has 4 rings (SSSR count). The van der Waals surface area contributed by atoms with Gasteiger partial charge in [0.05, 0.1) is 0 Å². The van der Waals surface area contributed by atoms with Gasteiger partial charge in [-0.1, -0.05) is 0 Å². The van der Waals surface area contributed by atoms with Crippen LogP contribution in [-0.2, 0) is 0 Å². The number of H-pyrrole nitrogens is 1. The summed E-state index contributed by atoms with van der Waals surface area (Å²) in [4.78, 5) is 3.42. The number of nitrogens with one attached hydrogen (secondary N) is 1. The molecular weight excluding hydrogens is 441 g/mol. The van der Waals surface area contributed by atoms with E-state index in [1.807, 2.05) is 54.6 Å². The van der Waals surface area contributed by atoms with Gasteiger partial charge in [0, 0.05) is 0 Å². The van der Waals surface area contributed by atoms with Crippen LogP contribution in [0.5, 0.6) is 17.2 Å². The van der Waals surface area contributed by atoms with Crippen molar-refractivity contribution >= 4 is 37.6 Å². The second-order valence-corrected chi connectivity index (χ2v) is 9.97. The van der Waals surface area contributed by atoms with Crippen molar-refractivity contribution in [2.75, 3.05) is 20.3 Å². The Labute approximate surface area is 182 Å². The van der Waals surface area contributed by atoms with E-state index in [9.17, 15) is 5.11 Å². The summed E-state index contributed by atoms with van der Waals surface area (Å²) in [6.07, 6.45) is -0.461. The third-order valence-electron chi connectivity index (χ3n) is 4.91. The van der Waals surface area contributed by atoms with Crippen LogP contribution in [0, 0.1) is 0 Å². The number of aliphatic hydroxyl groups excluding tert-OH is 1. The van der Waals surface area contributed by atoms with Crippen molar-refractivity contribution in [3.63, 3.8) is 0 Å². The Kier molecular flexibility index (Phi) is 6.83. The molecule has 2 atom stereocenters. The fourth-order valence-electron chi connectivity index (χ4n) is 3.47. The van der Waals surface area contributed by atoms with E-state index in [0.717, 1.165) is 49.5 Å². The first kappa shape index (κ1) is 20.6. The summed E-state index contributed by atoms with van der Waals surface area (Å²) >= 11 is -0.307. The van der Waals surface area contributed by atoms with E-state index >= 15 is 0 Å². The first-order valence-corrected chi connectivity index (χ1v) is 13.0. The Morgan fingerprint density at radius 1 is 0.867 bits per heavy atom. The summed E-state index contributed by atoms with van der Waals surface area (Å²) < 4.78 is 17.1. The van der Waals surface area contributed by atoms with E-state index in [-0.39, 0.29) is 15.8 Å². The van der Waals surface area contributed by atoms with Crippen molar-refractivity contribution < 1.29 is 19.3 Å². The molecule has 4 aromatic rings. The summed E-state index contributed by atoms with van der Waals surface area (Å²) in [5.41, 5.74) is 2.14. The first-order chi connectivity index (χ1) is 14.8. The molecule has 30 heavy (non-hydrogen) atoms. The minimum atomic E-state index is -0.461. The number of ether oxygens (including phenoxy) is 3. The number of hydrogen-bond acceptors (Lipinski definition) is 4. The fourth-order valence-corrected chi connectivity index (χ4v) is 5.36. The minimum absolute atomic E-state index is 0.301. The summed E-state index contributed by atoms with van der Waals surface area (Å²) in [5.74, 6) is 2.32. The van der Waals surface area contributed by atoms with E-state index in [1.165, 1.54) is 0 Å². The molecule has 3 aromatic carbocycles. The van der Waals surface area contributed by atoms with E-state index in [0.29, 0.717) is 13.2 Å². The summed E-state index contributed by atoms with van der Waals surface area (Å²) in [7, 11) is 1.64. The van der Waals surface area contributed by atoms with Gasteiger partial charge in [-0.25, -0.2) is 0 Å². The van der Waals surface area contributed by atoms with Crippen LogP contribution in [0.4, 0.5) is 0 Å². The molecule has 0 radical (unpaired) electrons. The molecule has 2 unspecified atom stereocenters. The second-order valence-electron chi connectivity index (χ2n) is 7.02. The van der Waals surface area contributed by atoms with Gasteiger partial charge in [0.1, 0.15) is 0 Å². The third-order valence-corrected chi connectivity index (χ3v) is 7.67. The van der Waals surface area contributed by atoms with Gasteiger partial charge in [0.25, 0.3) is 0 Å². The molecule has 0 saturated carbocycles. The molecule has 6 heteroatoms. The molecule has 156 valence electrons. The molecule has 0 saturated heterocycles. The van der Waals surface area contributed by atoms with Crippen molar-refractivity contribution in [3.8, 4) is 17.2 Å². The Morgan fingerprint density at radius 3 is 2.47 bits per heavy atom. The molecule has 0 aliphatic rings. The number of rotatable bonds is 10. The zero-order valence-electron chi connectivity index (χ0n) is 16.9. The third kappa shape index (κ3) is 4.75. The van der Waals surface area contributed by atoms with Crippen molar-refractivity contribution in [2.24, 2.45) is 0 Å². The van der Waals surface area contributed by atoms with Crippen LogP contribution in [-0.4, -0.2) is 52.3 Å². The molecule has 0 spiro atoms. The average molecular weight is 467 g/mol. The predicted molar refractivity (Wildman–Crippen MR) is 123 cm³/mol. The van der Waals surface area contributed by atoms with Crippen LogP contribution in [0.1, 0.15) is 0 Å². The van der Waals surface area contributed by atoms with Crippen molar-refractivity contribution in [3.05, 3.63) is 66.7 Å². The van der Waals surface area contributed by atoms with Gasteiger partial charge >= 0.3 is 183 Å². The van der Waals surface area contributed by atoms with Gasteiger partial charge in [-0.15, -0.1) is 0 Å². The number of aromatic nitrogens is 1. The normalized spacial score (nSPS) is 12.6. The Bertz CT molecular complexity index is 1110. The van der Waals surface area contributed by atoms with E-state index in [1.54, 1.807) is 7.11 Å². The van der Waals surface area contributed by atoms with Gasteiger partial charge in [0.2, 0.25) is 0 Å². The molecule has 0 aliphatic carbocycles. The number of aromatic amines is 1. The maximum atomic E-state index is 10.4. The van der Waals surface area contributed by atoms with Gasteiger partial charge in [-0.3, -0.25) is 0 Å². The molecule has 0 aliphatic heterocycles. The second kappa shape index (κ2) is 9.92. The number of aliphatic hydroxyl groups is 1. The molecule has 0 amide bonds. The summed E-state index contributed by atoms with van der Waals surface area (Å²) in [6, 6.07) is 21.8. The van der Waals surface area contributed by atoms with Crippen molar-refractivity contribution in [1.29, 1.82) is 0 Å². The predicted octanol–water partition coefficient (Wildman–Crippen LogP) is 4.42. The van der Waals surface area contributed by atoms with Crippen LogP contribution in [0.3, 0.4) is 0 Å². The monoisotopic (exact) mass is 467 g/mol. The zero-order chi connectivity index (χ0) is 20.8. The van der Waals surface area contributed by atoms with Gasteiger partial charge in [0.15, 0.2) is 0 Å². The van der Waals surface area contributed by atoms with E-state index in [2.05, 4.69) is 17.1 Å². The fraction of sp³-hybridized carbons (Fsp3) is 0.250. The van der Waals surface area contributed by atoms with Crippen LogP contribution >= 0.6 is 0 Å². The standard InChI is InChI=1S/C24H26AsNO4/c1-28-21-10-4-5-11-22(21)29-14-13-25-15-17(27)16-30-23-12-6-9-20-24(23)18-7-2-3-8-19(18)26-20/h2-12,17,25-27H,13-16H2,1H3. The Balaban J connectivity index is 1.26. The zero-order valence-corrected chi connectivity index (χ0v) is 19.0. The number of benzene rings is 3. The number of para-hydroxylation sites is 3. The summed E-state index contributed by atoms with van der Waals surface area (Å²) in [5, 5.41) is 14.4. The summed E-state index contributed by atoms with van der Waals surface area (Å²) in [6.45, 7) is 0.943.